The van der Waals surface area contributed by atoms with Crippen LogP contribution in [0.3, 0.4) is 0 Å². The first-order valence-electron chi connectivity index (χ1n) is 13.6. The maximum Gasteiger partial charge on any atom is 0.490 e. The number of rotatable bonds is 7. The first kappa shape index (κ1) is 40.2. The molecule has 3 aromatic rings. The number of aliphatic carboxylic acids is 2. The van der Waals surface area contributed by atoms with Crippen molar-refractivity contribution in [3.63, 3.8) is 0 Å². The fraction of sp³-hybridized carbons (Fsp3) is 0.267. The number of nitrogens with zero attached hydrogens (tertiary/aromatic N) is 1. The molecule has 1 fully saturated rings. The summed E-state index contributed by atoms with van der Waals surface area (Å²) in [6.45, 7) is 1.81. The molecular formula is C30H30F6N4O8S. The van der Waals surface area contributed by atoms with Crippen molar-refractivity contribution in [2.24, 2.45) is 16.8 Å². The minimum atomic E-state index is -5.08. The molecule has 12 nitrogen and oxygen atoms in total. The predicted octanol–water partition coefficient (Wildman–Crippen LogP) is 3.94. The van der Waals surface area contributed by atoms with Gasteiger partial charge in [0.2, 0.25) is 10.0 Å². The number of amidine groups is 1. The monoisotopic (exact) mass is 720 g/mol. The number of methoxy groups -OCH3 is 1. The number of carbonyl (C=O) groups excluding carboxylic acids is 1. The normalized spacial score (nSPS) is 16.3. The number of nitrogens with two attached hydrogens (primary N) is 2. The maximum atomic E-state index is 12.6. The zero-order valence-corrected chi connectivity index (χ0v) is 26.1. The summed E-state index contributed by atoms with van der Waals surface area (Å²) in [5.74, 6) is -6.20. The third kappa shape index (κ3) is 11.9. The minimum absolute atomic E-state index is 0.0135. The molecule has 1 heterocycles. The molecule has 2 atom stereocenters. The molecule has 0 radical (unpaired) electrons. The van der Waals surface area contributed by atoms with Gasteiger partial charge in [-0.25, -0.2) is 23.1 Å². The highest BCUT2D eigenvalue weighted by Gasteiger charge is 2.40. The van der Waals surface area contributed by atoms with Crippen molar-refractivity contribution in [3.05, 3.63) is 89.5 Å². The molecule has 1 aliphatic rings. The summed E-state index contributed by atoms with van der Waals surface area (Å²) in [6, 6.07) is 21.7. The average molecular weight is 721 g/mol. The molecule has 1 aliphatic heterocycles. The number of nitrogen functional groups attached to an aromatic ring is 1. The van der Waals surface area contributed by atoms with E-state index in [0.717, 1.165) is 16.7 Å². The van der Waals surface area contributed by atoms with Gasteiger partial charge in [-0.3, -0.25) is 15.1 Å². The Hall–Kier alpha value is -5.01. The van der Waals surface area contributed by atoms with E-state index in [1.807, 2.05) is 42.5 Å². The summed E-state index contributed by atoms with van der Waals surface area (Å²) in [5, 5.41) is 27.4. The van der Waals surface area contributed by atoms with Gasteiger partial charge in [-0.15, -0.1) is 0 Å². The molecule has 0 aromatic heterocycles. The Morgan fingerprint density at radius 2 is 1.43 bits per heavy atom. The largest absolute Gasteiger partial charge is 0.490 e. The zero-order chi connectivity index (χ0) is 37.3. The van der Waals surface area contributed by atoms with Crippen LogP contribution >= 0.6 is 0 Å². The van der Waals surface area contributed by atoms with Gasteiger partial charge in [0.05, 0.1) is 17.9 Å². The van der Waals surface area contributed by atoms with Crippen molar-refractivity contribution in [1.82, 2.24) is 4.90 Å². The van der Waals surface area contributed by atoms with Crippen LogP contribution in [-0.4, -0.2) is 79.8 Å². The summed E-state index contributed by atoms with van der Waals surface area (Å²) in [7, 11) is -2.45. The summed E-state index contributed by atoms with van der Waals surface area (Å²) in [4.78, 5) is 32.6. The van der Waals surface area contributed by atoms with Gasteiger partial charge in [0.1, 0.15) is 5.84 Å². The van der Waals surface area contributed by atoms with Crippen molar-refractivity contribution in [1.29, 1.82) is 5.41 Å². The second kappa shape index (κ2) is 16.4. The molecule has 4 rings (SSSR count). The average Bonchev–Trinajstić information content (AvgIpc) is 3.44. The van der Waals surface area contributed by atoms with Crippen LogP contribution in [0.1, 0.15) is 22.6 Å². The van der Waals surface area contributed by atoms with Gasteiger partial charge >= 0.3 is 30.3 Å². The highest BCUT2D eigenvalue weighted by Crippen LogP contribution is 2.35. The van der Waals surface area contributed by atoms with Crippen LogP contribution in [-0.2, 0) is 35.7 Å². The number of carbonyl (C=O) groups is 3. The third-order valence-corrected chi connectivity index (χ3v) is 7.84. The maximum absolute atomic E-state index is 12.6. The quantitative estimate of drug-likeness (QED) is 0.103. The van der Waals surface area contributed by atoms with Crippen LogP contribution in [0.4, 0.5) is 26.3 Å². The lowest BCUT2D eigenvalue weighted by Crippen LogP contribution is -2.24. The second-order valence-corrected chi connectivity index (χ2v) is 11.8. The van der Waals surface area contributed by atoms with Gasteiger partial charge in [0, 0.05) is 36.7 Å². The summed E-state index contributed by atoms with van der Waals surface area (Å²) >= 11 is 0. The number of halogens is 6. The number of carboxylic acids is 2. The molecule has 0 bridgehead atoms. The second-order valence-electron chi connectivity index (χ2n) is 10.3. The van der Waals surface area contributed by atoms with Crippen LogP contribution in [0.5, 0.6) is 0 Å². The van der Waals surface area contributed by atoms with E-state index in [0.29, 0.717) is 30.8 Å². The van der Waals surface area contributed by atoms with E-state index in [1.54, 1.807) is 24.3 Å². The predicted molar refractivity (Wildman–Crippen MR) is 162 cm³/mol. The number of primary sulfonamides is 1. The van der Waals surface area contributed by atoms with Crippen molar-refractivity contribution in [2.75, 3.05) is 20.2 Å². The van der Waals surface area contributed by atoms with Crippen LogP contribution < -0.4 is 10.9 Å². The molecule has 19 heteroatoms. The van der Waals surface area contributed by atoms with E-state index in [1.165, 1.54) is 13.2 Å². The Kier molecular flexibility index (Phi) is 13.4. The lowest BCUT2D eigenvalue weighted by molar-refractivity contribution is -0.193. The lowest BCUT2D eigenvalue weighted by Gasteiger charge is -2.17. The van der Waals surface area contributed by atoms with Gasteiger partial charge in [0.25, 0.3) is 0 Å². The Labute approximate surface area is 275 Å². The van der Waals surface area contributed by atoms with Crippen molar-refractivity contribution >= 4 is 33.8 Å². The SMILES string of the molecule is COC(=O)[C@H]1CN(Cc2ccc(-c3ccccc3S(N)(=O)=O)cc2)C[C@@H]1c1cccc(C(=N)N)c1.O=C(O)C(F)(F)F.O=C(O)C(F)(F)F. The van der Waals surface area contributed by atoms with E-state index in [-0.39, 0.29) is 28.5 Å². The molecule has 49 heavy (non-hydrogen) atoms. The smallest absolute Gasteiger partial charge is 0.475 e. The minimum Gasteiger partial charge on any atom is -0.475 e. The van der Waals surface area contributed by atoms with Crippen LogP contribution in [0, 0.1) is 11.3 Å². The Morgan fingerprint density at radius 3 is 1.90 bits per heavy atom. The molecular weight excluding hydrogens is 690 g/mol. The number of esters is 1. The fourth-order valence-electron chi connectivity index (χ4n) is 4.68. The molecule has 7 N–H and O–H groups in total. The molecule has 266 valence electrons. The van der Waals surface area contributed by atoms with Crippen LogP contribution in [0.25, 0.3) is 11.1 Å². The summed E-state index contributed by atoms with van der Waals surface area (Å²) in [5.41, 5.74) is 9.58. The topological polar surface area (TPSA) is 214 Å². The number of alkyl halides is 6. The first-order valence-corrected chi connectivity index (χ1v) is 15.2. The molecule has 0 saturated carbocycles. The van der Waals surface area contributed by atoms with E-state index < -0.39 is 34.3 Å². The van der Waals surface area contributed by atoms with E-state index >= 15 is 0 Å². The molecule has 0 spiro atoms. The summed E-state index contributed by atoms with van der Waals surface area (Å²) in [6.07, 6.45) is -10.2. The first-order chi connectivity index (χ1) is 22.6. The number of ether oxygens (including phenoxy) is 1. The molecule has 1 saturated heterocycles. The highest BCUT2D eigenvalue weighted by molar-refractivity contribution is 7.89. The van der Waals surface area contributed by atoms with Crippen LogP contribution in [0.2, 0.25) is 0 Å². The number of sulfonamides is 1. The fourth-order valence-corrected chi connectivity index (χ4v) is 5.44. The van der Waals surface area contributed by atoms with Gasteiger partial charge < -0.3 is 20.7 Å². The Balaban J connectivity index is 0.000000500. The van der Waals surface area contributed by atoms with E-state index in [2.05, 4.69) is 4.90 Å². The Morgan fingerprint density at radius 1 is 0.898 bits per heavy atom. The van der Waals surface area contributed by atoms with Gasteiger partial charge in [-0.05, 0) is 28.8 Å². The third-order valence-electron chi connectivity index (χ3n) is 6.87. The van der Waals surface area contributed by atoms with Crippen molar-refractivity contribution < 1.29 is 64.1 Å². The number of hydrogen-bond acceptors (Lipinski definition) is 8. The van der Waals surface area contributed by atoms with Crippen LogP contribution in [0.15, 0.2) is 77.7 Å². The molecule has 0 unspecified atom stereocenters. The Bertz CT molecular complexity index is 1740. The standard InChI is InChI=1S/C26H28N4O4S.2C2HF3O2/c1-34-26(31)23-16-30(15-22(23)19-5-4-6-20(13-19)25(27)28)14-17-9-11-18(12-10-17)21-7-2-3-8-24(21)35(29,32)33;2*3-2(4,5)1(6)7/h2-13,22-23H,14-16H2,1H3,(H3,27,28)(H2,29,32,33);2*(H,6,7)/t22-,23+;;/m1../s1. The van der Waals surface area contributed by atoms with Crippen molar-refractivity contribution in [3.8, 4) is 11.1 Å². The van der Waals surface area contributed by atoms with E-state index in [9.17, 15) is 39.6 Å². The number of nitrogens with one attached hydrogen (secondary N) is 1. The number of hydrogen-bond donors (Lipinski definition) is 5. The van der Waals surface area contributed by atoms with Gasteiger partial charge in [0.15, 0.2) is 0 Å². The van der Waals surface area contributed by atoms with E-state index in [4.69, 9.17) is 40.8 Å². The molecule has 0 amide bonds. The van der Waals surface area contributed by atoms with Gasteiger partial charge in [-0.2, -0.15) is 26.3 Å². The zero-order valence-electron chi connectivity index (χ0n) is 25.3. The number of benzene rings is 3. The molecule has 3 aromatic carbocycles. The highest BCUT2D eigenvalue weighted by atomic mass is 32.2. The molecule has 0 aliphatic carbocycles. The lowest BCUT2D eigenvalue weighted by atomic mass is 9.88. The number of likely N-dealkylation sites (tertiary alicyclic amines) is 1. The summed E-state index contributed by atoms with van der Waals surface area (Å²) < 4.78 is 92.5. The number of carboxylic acid groups (broad SMARTS) is 2. The van der Waals surface area contributed by atoms with Crippen molar-refractivity contribution in [2.45, 2.75) is 29.7 Å². The van der Waals surface area contributed by atoms with Gasteiger partial charge in [-0.1, -0.05) is 60.7 Å².